The molecule has 0 atom stereocenters. The predicted molar refractivity (Wildman–Crippen MR) is 34.0 cm³/mol. The Morgan fingerprint density at radius 3 is 2.12 bits per heavy atom. The molecule has 1 aliphatic carbocycles. The normalized spacial score (nSPS) is 21.8. The molecular weight excluding hydrogens is 129 g/mol. The van der Waals surface area contributed by atoms with Gasteiger partial charge >= 0.3 is 0 Å². The molecule has 0 unspecified atom stereocenters. The van der Waals surface area contributed by atoms with Crippen molar-refractivity contribution >= 4 is 12.4 Å². The summed E-state index contributed by atoms with van der Waals surface area (Å²) in [6.07, 6.45) is 2.04. The van der Waals surface area contributed by atoms with Gasteiger partial charge in [0.2, 0.25) is 0 Å². The first-order valence-corrected chi connectivity index (χ1v) is 2.66. The summed E-state index contributed by atoms with van der Waals surface area (Å²) in [5.74, 6) is 0. The van der Waals surface area contributed by atoms with E-state index in [1.165, 1.54) is 0 Å². The minimum Gasteiger partial charge on any atom is -0.330 e. The van der Waals surface area contributed by atoms with Crippen LogP contribution in [0.3, 0.4) is 0 Å². The highest BCUT2D eigenvalue weighted by molar-refractivity contribution is 5.85. The molecule has 2 N–H and O–H groups in total. The molecule has 8 heavy (non-hydrogen) atoms. The fourth-order valence-electron chi connectivity index (χ4n) is 0.644. The third kappa shape index (κ3) is 1.97. The monoisotopic (exact) mass is 139 g/mol. The van der Waals surface area contributed by atoms with Gasteiger partial charge in [0.1, 0.15) is 5.67 Å². The van der Waals surface area contributed by atoms with Crippen LogP contribution in [0.5, 0.6) is 0 Å². The number of hydrogen-bond donors (Lipinski definition) is 1. The van der Waals surface area contributed by atoms with E-state index < -0.39 is 5.67 Å². The largest absolute Gasteiger partial charge is 0.330 e. The van der Waals surface area contributed by atoms with Crippen molar-refractivity contribution in [2.45, 2.75) is 24.9 Å². The van der Waals surface area contributed by atoms with Crippen LogP contribution in [0.4, 0.5) is 4.39 Å². The van der Waals surface area contributed by atoms with Gasteiger partial charge in [0.25, 0.3) is 0 Å². The smallest absolute Gasteiger partial charge is 0.112 e. The van der Waals surface area contributed by atoms with Crippen molar-refractivity contribution < 1.29 is 4.39 Å². The van der Waals surface area contributed by atoms with E-state index >= 15 is 0 Å². The van der Waals surface area contributed by atoms with Gasteiger partial charge in [-0.15, -0.1) is 12.4 Å². The Bertz CT molecular complexity index is 72.8. The second-order valence-corrected chi connectivity index (χ2v) is 2.19. The SMILES string of the molecule is Cl.NCCC1(F)CC1. The lowest BCUT2D eigenvalue weighted by Crippen LogP contribution is -2.08. The van der Waals surface area contributed by atoms with Crippen LogP contribution in [0.15, 0.2) is 0 Å². The summed E-state index contributed by atoms with van der Waals surface area (Å²) in [7, 11) is 0. The summed E-state index contributed by atoms with van der Waals surface area (Å²) in [4.78, 5) is 0. The van der Waals surface area contributed by atoms with Crippen LogP contribution in [0.1, 0.15) is 19.3 Å². The van der Waals surface area contributed by atoms with E-state index in [-0.39, 0.29) is 12.4 Å². The zero-order valence-electron chi connectivity index (χ0n) is 4.69. The van der Waals surface area contributed by atoms with Crippen molar-refractivity contribution in [1.82, 2.24) is 0 Å². The van der Waals surface area contributed by atoms with Crippen molar-refractivity contribution in [1.29, 1.82) is 0 Å². The second kappa shape index (κ2) is 2.65. The summed E-state index contributed by atoms with van der Waals surface area (Å²) in [6, 6.07) is 0. The Morgan fingerprint density at radius 1 is 1.50 bits per heavy atom. The van der Waals surface area contributed by atoms with Gasteiger partial charge in [0.15, 0.2) is 0 Å². The first-order chi connectivity index (χ1) is 3.27. The molecule has 1 aliphatic rings. The molecule has 1 saturated carbocycles. The molecule has 0 aromatic rings. The molecule has 0 heterocycles. The van der Waals surface area contributed by atoms with Crippen LogP contribution in [-0.2, 0) is 0 Å². The van der Waals surface area contributed by atoms with Crippen LogP contribution in [0, 0.1) is 0 Å². The summed E-state index contributed by atoms with van der Waals surface area (Å²) < 4.78 is 12.4. The fraction of sp³-hybridized carbons (Fsp3) is 1.00. The number of rotatable bonds is 2. The van der Waals surface area contributed by atoms with Crippen molar-refractivity contribution in [2.75, 3.05) is 6.54 Å². The van der Waals surface area contributed by atoms with Crippen molar-refractivity contribution in [2.24, 2.45) is 5.73 Å². The zero-order valence-corrected chi connectivity index (χ0v) is 5.51. The highest BCUT2D eigenvalue weighted by Crippen LogP contribution is 2.42. The van der Waals surface area contributed by atoms with Gasteiger partial charge in [-0.1, -0.05) is 0 Å². The van der Waals surface area contributed by atoms with Crippen LogP contribution in [-0.4, -0.2) is 12.2 Å². The Hall–Kier alpha value is 0.180. The van der Waals surface area contributed by atoms with E-state index in [0.717, 1.165) is 12.8 Å². The molecule has 0 aliphatic heterocycles. The highest BCUT2D eigenvalue weighted by atomic mass is 35.5. The van der Waals surface area contributed by atoms with Crippen LogP contribution in [0.2, 0.25) is 0 Å². The number of halogens is 2. The lowest BCUT2D eigenvalue weighted by molar-refractivity contribution is 0.294. The van der Waals surface area contributed by atoms with Crippen molar-refractivity contribution in [3.8, 4) is 0 Å². The van der Waals surface area contributed by atoms with E-state index in [0.29, 0.717) is 13.0 Å². The molecule has 0 aromatic heterocycles. The first-order valence-electron chi connectivity index (χ1n) is 2.66. The standard InChI is InChI=1S/C5H10FN.ClH/c6-5(1-2-5)3-4-7;/h1-4,7H2;1H. The van der Waals surface area contributed by atoms with Crippen molar-refractivity contribution in [3.63, 3.8) is 0 Å². The lowest BCUT2D eigenvalue weighted by Gasteiger charge is -1.97. The van der Waals surface area contributed by atoms with Crippen LogP contribution >= 0.6 is 12.4 Å². The molecule has 50 valence electrons. The third-order valence-corrected chi connectivity index (χ3v) is 1.38. The van der Waals surface area contributed by atoms with E-state index in [4.69, 9.17) is 5.73 Å². The Balaban J connectivity index is 0.000000490. The summed E-state index contributed by atoms with van der Waals surface area (Å²) >= 11 is 0. The molecule has 0 bridgehead atoms. The number of nitrogens with two attached hydrogens (primary N) is 1. The maximum absolute atomic E-state index is 12.4. The van der Waals surface area contributed by atoms with Gasteiger partial charge in [-0.3, -0.25) is 0 Å². The molecular formula is C5H11ClFN. The summed E-state index contributed by atoms with van der Waals surface area (Å²) in [5.41, 5.74) is 4.29. The van der Waals surface area contributed by atoms with Gasteiger partial charge in [-0.2, -0.15) is 0 Å². The van der Waals surface area contributed by atoms with E-state index in [1.54, 1.807) is 0 Å². The molecule has 0 saturated heterocycles. The van der Waals surface area contributed by atoms with Gasteiger partial charge < -0.3 is 5.73 Å². The fourth-order valence-corrected chi connectivity index (χ4v) is 0.644. The molecule has 1 nitrogen and oxygen atoms in total. The Morgan fingerprint density at radius 2 is 2.00 bits per heavy atom. The van der Waals surface area contributed by atoms with Gasteiger partial charge in [-0.25, -0.2) is 4.39 Å². The van der Waals surface area contributed by atoms with Crippen LogP contribution < -0.4 is 5.73 Å². The maximum atomic E-state index is 12.4. The van der Waals surface area contributed by atoms with Gasteiger partial charge in [-0.05, 0) is 25.8 Å². The third-order valence-electron chi connectivity index (χ3n) is 1.38. The summed E-state index contributed by atoms with van der Waals surface area (Å²) in [5, 5.41) is 0. The van der Waals surface area contributed by atoms with E-state index in [1.807, 2.05) is 0 Å². The minimum atomic E-state index is -0.825. The molecule has 1 rings (SSSR count). The highest BCUT2D eigenvalue weighted by Gasteiger charge is 2.41. The molecule has 0 aromatic carbocycles. The molecule has 0 radical (unpaired) electrons. The molecule has 1 fully saturated rings. The average molecular weight is 140 g/mol. The van der Waals surface area contributed by atoms with Gasteiger partial charge in [0, 0.05) is 0 Å². The molecule has 0 spiro atoms. The zero-order chi connectivity index (χ0) is 5.33. The number of alkyl halides is 1. The van der Waals surface area contributed by atoms with Gasteiger partial charge in [0.05, 0.1) is 0 Å². The van der Waals surface area contributed by atoms with E-state index in [9.17, 15) is 4.39 Å². The summed E-state index contributed by atoms with van der Waals surface area (Å²) in [6.45, 7) is 0.497. The Kier molecular flexibility index (Phi) is 2.71. The number of hydrogen-bond acceptors (Lipinski definition) is 1. The first kappa shape index (κ1) is 8.18. The second-order valence-electron chi connectivity index (χ2n) is 2.19. The maximum Gasteiger partial charge on any atom is 0.112 e. The lowest BCUT2D eigenvalue weighted by atomic mass is 10.3. The predicted octanol–water partition coefficient (Wildman–Crippen LogP) is 1.26. The average Bonchev–Trinajstić information content (AvgIpc) is 2.22. The Labute approximate surface area is 54.9 Å². The molecule has 3 heteroatoms. The van der Waals surface area contributed by atoms with Crippen LogP contribution in [0.25, 0.3) is 0 Å². The quantitative estimate of drug-likeness (QED) is 0.613. The minimum absolute atomic E-state index is 0. The van der Waals surface area contributed by atoms with Crippen molar-refractivity contribution in [3.05, 3.63) is 0 Å². The van der Waals surface area contributed by atoms with E-state index in [2.05, 4.69) is 0 Å². The molecule has 0 amide bonds. The topological polar surface area (TPSA) is 26.0 Å².